The van der Waals surface area contributed by atoms with Crippen molar-refractivity contribution >= 4 is 21.4 Å². The lowest BCUT2D eigenvalue weighted by molar-refractivity contribution is 0.440. The van der Waals surface area contributed by atoms with Crippen molar-refractivity contribution in [1.82, 2.24) is 4.72 Å². The fraction of sp³-hybridized carbons (Fsp3) is 0.714. The van der Waals surface area contributed by atoms with Gasteiger partial charge in [-0.2, -0.15) is 0 Å². The Hall–Kier alpha value is -0.390. The molecule has 3 nitrogen and oxygen atoms in total. The zero-order valence-electron chi connectivity index (χ0n) is 11.5. The molecule has 1 saturated carbocycles. The van der Waals surface area contributed by atoms with Crippen molar-refractivity contribution in [2.75, 3.05) is 12.3 Å². The summed E-state index contributed by atoms with van der Waals surface area (Å²) in [6, 6.07) is 4.21. The first-order valence-corrected chi connectivity index (χ1v) is 9.62. The van der Waals surface area contributed by atoms with Crippen LogP contribution in [-0.2, 0) is 15.4 Å². The highest BCUT2D eigenvalue weighted by Crippen LogP contribution is 2.42. The van der Waals surface area contributed by atoms with Crippen LogP contribution < -0.4 is 4.72 Å². The number of rotatable bonds is 7. The van der Waals surface area contributed by atoms with E-state index in [1.54, 1.807) is 11.3 Å². The van der Waals surface area contributed by atoms with Gasteiger partial charge in [0.05, 0.1) is 5.75 Å². The van der Waals surface area contributed by atoms with E-state index in [4.69, 9.17) is 0 Å². The van der Waals surface area contributed by atoms with Gasteiger partial charge in [0.15, 0.2) is 0 Å². The molecule has 19 heavy (non-hydrogen) atoms. The third kappa shape index (κ3) is 3.80. The molecule has 1 aromatic rings. The van der Waals surface area contributed by atoms with Gasteiger partial charge in [0, 0.05) is 16.8 Å². The normalized spacial score (nSPS) is 18.8. The van der Waals surface area contributed by atoms with E-state index < -0.39 is 10.0 Å². The summed E-state index contributed by atoms with van der Waals surface area (Å²) in [5.41, 5.74) is 0.0491. The van der Waals surface area contributed by atoms with Gasteiger partial charge in [0.2, 0.25) is 10.0 Å². The minimum atomic E-state index is -3.11. The van der Waals surface area contributed by atoms with Crippen LogP contribution in [0.4, 0.5) is 0 Å². The maximum atomic E-state index is 12.0. The molecule has 0 aromatic carbocycles. The second-order valence-electron chi connectivity index (χ2n) is 5.46. The van der Waals surface area contributed by atoms with Gasteiger partial charge >= 0.3 is 0 Å². The van der Waals surface area contributed by atoms with Crippen LogP contribution in [0.25, 0.3) is 0 Å². The fourth-order valence-electron chi connectivity index (χ4n) is 2.80. The number of hydrogen-bond donors (Lipinski definition) is 1. The smallest absolute Gasteiger partial charge is 0.211 e. The molecule has 1 aliphatic rings. The van der Waals surface area contributed by atoms with Gasteiger partial charge < -0.3 is 0 Å². The highest BCUT2D eigenvalue weighted by atomic mass is 32.2. The predicted octanol–water partition coefficient (Wildman–Crippen LogP) is 3.28. The van der Waals surface area contributed by atoms with Gasteiger partial charge in [-0.3, -0.25) is 0 Å². The van der Waals surface area contributed by atoms with Crippen LogP contribution in [0.1, 0.15) is 50.3 Å². The van der Waals surface area contributed by atoms with E-state index in [9.17, 15) is 8.42 Å². The lowest BCUT2D eigenvalue weighted by Crippen LogP contribution is -2.39. The fourth-order valence-corrected chi connectivity index (χ4v) is 5.09. The molecule has 2 rings (SSSR count). The second-order valence-corrected chi connectivity index (χ2v) is 8.33. The molecular formula is C14H23NO2S2. The molecule has 1 N–H and O–H groups in total. The Kier molecular flexibility index (Phi) is 5.03. The van der Waals surface area contributed by atoms with Crippen LogP contribution >= 0.6 is 11.3 Å². The molecule has 0 unspecified atom stereocenters. The SMILES string of the molecule is CCCCS(=O)(=O)NCC1(c2cccs2)CCCC1. The molecule has 1 aliphatic carbocycles. The highest BCUT2D eigenvalue weighted by molar-refractivity contribution is 7.89. The third-order valence-corrected chi connectivity index (χ3v) is 6.53. The summed E-state index contributed by atoms with van der Waals surface area (Å²) in [5, 5.41) is 2.08. The average molecular weight is 301 g/mol. The van der Waals surface area contributed by atoms with E-state index in [0.29, 0.717) is 6.54 Å². The van der Waals surface area contributed by atoms with E-state index in [2.05, 4.69) is 22.2 Å². The molecule has 0 spiro atoms. The maximum absolute atomic E-state index is 12.0. The highest BCUT2D eigenvalue weighted by Gasteiger charge is 2.37. The Morgan fingerprint density at radius 3 is 2.68 bits per heavy atom. The largest absolute Gasteiger partial charge is 0.214 e. The number of nitrogens with one attached hydrogen (secondary N) is 1. The summed E-state index contributed by atoms with van der Waals surface area (Å²) in [6.45, 7) is 2.58. The Bertz CT molecular complexity index is 474. The van der Waals surface area contributed by atoms with E-state index in [1.165, 1.54) is 17.7 Å². The molecule has 108 valence electrons. The summed E-state index contributed by atoms with van der Waals surface area (Å²) in [5.74, 6) is 0.254. The third-order valence-electron chi connectivity index (χ3n) is 4.00. The van der Waals surface area contributed by atoms with Gasteiger partial charge in [-0.25, -0.2) is 13.1 Å². The molecule has 1 heterocycles. The number of sulfonamides is 1. The van der Waals surface area contributed by atoms with Crippen molar-refractivity contribution in [1.29, 1.82) is 0 Å². The summed E-state index contributed by atoms with van der Waals surface area (Å²) in [4.78, 5) is 1.34. The molecule has 0 saturated heterocycles. The standard InChI is InChI=1S/C14H23NO2S2/c1-2-3-11-19(16,17)15-12-14(8-4-5-9-14)13-7-6-10-18-13/h6-7,10,15H,2-5,8-9,11-12H2,1H3. The zero-order chi connectivity index (χ0) is 13.8. The monoisotopic (exact) mass is 301 g/mol. The minimum absolute atomic E-state index is 0.0491. The van der Waals surface area contributed by atoms with Crippen molar-refractivity contribution in [3.05, 3.63) is 22.4 Å². The molecule has 1 fully saturated rings. The second kappa shape index (κ2) is 6.37. The van der Waals surface area contributed by atoms with Crippen LogP contribution in [0.2, 0.25) is 0 Å². The Balaban J connectivity index is 2.03. The Morgan fingerprint density at radius 2 is 2.11 bits per heavy atom. The lowest BCUT2D eigenvalue weighted by atomic mass is 9.85. The molecule has 0 aliphatic heterocycles. The Labute approximate surface area is 120 Å². The Morgan fingerprint density at radius 1 is 1.37 bits per heavy atom. The predicted molar refractivity (Wildman–Crippen MR) is 81.2 cm³/mol. The van der Waals surface area contributed by atoms with Crippen LogP contribution in [0.5, 0.6) is 0 Å². The van der Waals surface area contributed by atoms with Crippen molar-refractivity contribution in [3.63, 3.8) is 0 Å². The van der Waals surface area contributed by atoms with Crippen molar-refractivity contribution in [2.24, 2.45) is 0 Å². The molecule has 1 aromatic heterocycles. The first-order valence-electron chi connectivity index (χ1n) is 7.09. The number of thiophene rings is 1. The van der Waals surface area contributed by atoms with E-state index >= 15 is 0 Å². The minimum Gasteiger partial charge on any atom is -0.214 e. The lowest BCUT2D eigenvalue weighted by Gasteiger charge is -2.28. The van der Waals surface area contributed by atoms with Crippen molar-refractivity contribution in [3.8, 4) is 0 Å². The van der Waals surface area contributed by atoms with E-state index in [0.717, 1.165) is 25.7 Å². The number of unbranched alkanes of at least 4 members (excludes halogenated alkanes) is 1. The van der Waals surface area contributed by atoms with Crippen LogP contribution in [-0.4, -0.2) is 20.7 Å². The van der Waals surface area contributed by atoms with Crippen molar-refractivity contribution < 1.29 is 8.42 Å². The van der Waals surface area contributed by atoms with Gasteiger partial charge in [-0.15, -0.1) is 11.3 Å². The van der Waals surface area contributed by atoms with Crippen LogP contribution in [0.15, 0.2) is 17.5 Å². The molecule has 5 heteroatoms. The molecule has 0 radical (unpaired) electrons. The molecular weight excluding hydrogens is 278 g/mol. The first-order chi connectivity index (χ1) is 9.08. The summed E-state index contributed by atoms with van der Waals surface area (Å²) < 4.78 is 26.7. The summed E-state index contributed by atoms with van der Waals surface area (Å²) in [7, 11) is -3.11. The van der Waals surface area contributed by atoms with E-state index in [-0.39, 0.29) is 11.2 Å². The van der Waals surface area contributed by atoms with Crippen LogP contribution in [0.3, 0.4) is 0 Å². The quantitative estimate of drug-likeness (QED) is 0.840. The zero-order valence-corrected chi connectivity index (χ0v) is 13.2. The van der Waals surface area contributed by atoms with Gasteiger partial charge in [-0.05, 0) is 30.7 Å². The molecule has 0 atom stereocenters. The van der Waals surface area contributed by atoms with Crippen LogP contribution in [0, 0.1) is 0 Å². The van der Waals surface area contributed by atoms with Gasteiger partial charge in [0.1, 0.15) is 0 Å². The van der Waals surface area contributed by atoms with Crippen molar-refractivity contribution in [2.45, 2.75) is 50.9 Å². The first kappa shape index (κ1) is 15.0. The topological polar surface area (TPSA) is 46.2 Å². The average Bonchev–Trinajstić information content (AvgIpc) is 3.05. The molecule has 0 bridgehead atoms. The van der Waals surface area contributed by atoms with Gasteiger partial charge in [0.25, 0.3) is 0 Å². The molecule has 0 amide bonds. The summed E-state index contributed by atoms with van der Waals surface area (Å²) >= 11 is 1.75. The maximum Gasteiger partial charge on any atom is 0.211 e. The van der Waals surface area contributed by atoms with E-state index in [1.807, 2.05) is 6.92 Å². The summed E-state index contributed by atoms with van der Waals surface area (Å²) in [6.07, 6.45) is 6.26. The number of hydrogen-bond acceptors (Lipinski definition) is 3. The van der Waals surface area contributed by atoms with Gasteiger partial charge in [-0.1, -0.05) is 32.3 Å².